The number of nitrogens with one attached hydrogen (secondary N) is 1. The highest BCUT2D eigenvalue weighted by Gasteiger charge is 2.18. The minimum absolute atomic E-state index is 0.256. The van der Waals surface area contributed by atoms with Gasteiger partial charge in [0.25, 0.3) is 0 Å². The molecule has 14 heavy (non-hydrogen) atoms. The summed E-state index contributed by atoms with van der Waals surface area (Å²) < 4.78 is 5.43. The van der Waals surface area contributed by atoms with Crippen molar-refractivity contribution in [3.63, 3.8) is 0 Å². The topological polar surface area (TPSA) is 45.0 Å². The van der Waals surface area contributed by atoms with Crippen LogP contribution in [0.3, 0.4) is 0 Å². The van der Waals surface area contributed by atoms with Crippen LogP contribution in [0.5, 0.6) is 0 Å². The first-order chi connectivity index (χ1) is 6.85. The molecule has 0 unspecified atom stereocenters. The van der Waals surface area contributed by atoms with Crippen LogP contribution in [0.25, 0.3) is 0 Å². The highest BCUT2D eigenvalue weighted by atomic mass is 16.5. The molecule has 0 aromatic heterocycles. The van der Waals surface area contributed by atoms with E-state index in [0.717, 1.165) is 5.56 Å². The standard InChI is InChI=1S/C11H12N2O/c1-13-11-7-14-6-9-4-8(5-12)2-3-10(9)11/h2-4,11,13H,6-7H2,1H3/t11-/m0/s1. The first-order valence-electron chi connectivity index (χ1n) is 4.63. The summed E-state index contributed by atoms with van der Waals surface area (Å²) >= 11 is 0. The van der Waals surface area contributed by atoms with Crippen LogP contribution in [0.1, 0.15) is 22.7 Å². The van der Waals surface area contributed by atoms with E-state index in [1.165, 1.54) is 5.56 Å². The Balaban J connectivity index is 2.42. The first kappa shape index (κ1) is 9.20. The third-order valence-corrected chi connectivity index (χ3v) is 2.54. The van der Waals surface area contributed by atoms with E-state index in [0.29, 0.717) is 18.8 Å². The van der Waals surface area contributed by atoms with Crippen molar-refractivity contribution in [1.29, 1.82) is 5.26 Å². The Kier molecular flexibility index (Phi) is 2.49. The maximum Gasteiger partial charge on any atom is 0.0991 e. The number of nitriles is 1. The van der Waals surface area contributed by atoms with E-state index < -0.39 is 0 Å². The fourth-order valence-corrected chi connectivity index (χ4v) is 1.76. The molecule has 0 bridgehead atoms. The Labute approximate surface area is 83.3 Å². The van der Waals surface area contributed by atoms with Gasteiger partial charge in [0.1, 0.15) is 0 Å². The van der Waals surface area contributed by atoms with Crippen molar-refractivity contribution in [3.05, 3.63) is 34.9 Å². The summed E-state index contributed by atoms with van der Waals surface area (Å²) in [7, 11) is 1.92. The molecular formula is C11H12N2O. The molecule has 1 aromatic rings. The highest BCUT2D eigenvalue weighted by Crippen LogP contribution is 2.25. The lowest BCUT2D eigenvalue weighted by molar-refractivity contribution is 0.0844. The summed E-state index contributed by atoms with van der Waals surface area (Å²) in [6.45, 7) is 1.32. The monoisotopic (exact) mass is 188 g/mol. The van der Waals surface area contributed by atoms with Crippen molar-refractivity contribution >= 4 is 0 Å². The van der Waals surface area contributed by atoms with Gasteiger partial charge in [-0.2, -0.15) is 5.26 Å². The van der Waals surface area contributed by atoms with E-state index in [1.807, 2.05) is 25.2 Å². The summed E-state index contributed by atoms with van der Waals surface area (Å²) in [5.74, 6) is 0. The zero-order chi connectivity index (χ0) is 9.97. The fourth-order valence-electron chi connectivity index (χ4n) is 1.76. The van der Waals surface area contributed by atoms with E-state index in [4.69, 9.17) is 10.00 Å². The lowest BCUT2D eigenvalue weighted by atomic mass is 9.97. The Morgan fingerprint density at radius 1 is 1.57 bits per heavy atom. The summed E-state index contributed by atoms with van der Waals surface area (Å²) in [4.78, 5) is 0. The number of hydrogen-bond acceptors (Lipinski definition) is 3. The van der Waals surface area contributed by atoms with Gasteiger partial charge >= 0.3 is 0 Å². The second-order valence-corrected chi connectivity index (χ2v) is 3.38. The summed E-state index contributed by atoms with van der Waals surface area (Å²) in [5.41, 5.74) is 3.07. The van der Waals surface area contributed by atoms with Crippen LogP contribution in [0.15, 0.2) is 18.2 Å². The number of benzene rings is 1. The van der Waals surface area contributed by atoms with Crippen LogP contribution < -0.4 is 5.32 Å². The normalized spacial score (nSPS) is 19.9. The quantitative estimate of drug-likeness (QED) is 0.723. The smallest absolute Gasteiger partial charge is 0.0991 e. The van der Waals surface area contributed by atoms with Crippen molar-refractivity contribution in [2.45, 2.75) is 12.6 Å². The second kappa shape index (κ2) is 3.79. The van der Waals surface area contributed by atoms with Gasteiger partial charge in [0.05, 0.1) is 30.9 Å². The molecule has 1 heterocycles. The summed E-state index contributed by atoms with van der Waals surface area (Å²) in [6.07, 6.45) is 0. The number of rotatable bonds is 1. The van der Waals surface area contributed by atoms with Gasteiger partial charge in [-0.15, -0.1) is 0 Å². The van der Waals surface area contributed by atoms with Crippen molar-refractivity contribution < 1.29 is 4.74 Å². The van der Waals surface area contributed by atoms with Gasteiger partial charge < -0.3 is 10.1 Å². The number of likely N-dealkylation sites (N-methyl/N-ethyl adjacent to an activating group) is 1. The van der Waals surface area contributed by atoms with Gasteiger partial charge in [0.15, 0.2) is 0 Å². The van der Waals surface area contributed by atoms with E-state index in [2.05, 4.69) is 11.4 Å². The lowest BCUT2D eigenvalue weighted by Crippen LogP contribution is -2.26. The third-order valence-electron chi connectivity index (χ3n) is 2.54. The minimum Gasteiger partial charge on any atom is -0.375 e. The molecule has 1 N–H and O–H groups in total. The molecule has 1 aliphatic heterocycles. The zero-order valence-corrected chi connectivity index (χ0v) is 8.08. The zero-order valence-electron chi connectivity index (χ0n) is 8.08. The van der Waals surface area contributed by atoms with Crippen molar-refractivity contribution in [2.75, 3.05) is 13.7 Å². The lowest BCUT2D eigenvalue weighted by Gasteiger charge is -2.25. The molecule has 0 saturated carbocycles. The number of hydrogen-bond donors (Lipinski definition) is 1. The average molecular weight is 188 g/mol. The molecule has 0 spiro atoms. The van der Waals surface area contributed by atoms with E-state index in [1.54, 1.807) is 0 Å². The molecule has 0 aliphatic carbocycles. The van der Waals surface area contributed by atoms with Crippen LogP contribution in [0.4, 0.5) is 0 Å². The molecule has 72 valence electrons. The first-order valence-corrected chi connectivity index (χ1v) is 4.63. The molecule has 1 aromatic carbocycles. The second-order valence-electron chi connectivity index (χ2n) is 3.38. The maximum absolute atomic E-state index is 8.76. The molecule has 3 nitrogen and oxygen atoms in total. The van der Waals surface area contributed by atoms with Gasteiger partial charge in [-0.05, 0) is 30.3 Å². The van der Waals surface area contributed by atoms with Crippen LogP contribution >= 0.6 is 0 Å². The van der Waals surface area contributed by atoms with Crippen LogP contribution in [-0.2, 0) is 11.3 Å². The molecular weight excluding hydrogens is 176 g/mol. The van der Waals surface area contributed by atoms with E-state index in [-0.39, 0.29) is 6.04 Å². The summed E-state index contributed by atoms with van der Waals surface area (Å²) in [6, 6.07) is 8.16. The Morgan fingerprint density at radius 3 is 3.14 bits per heavy atom. The molecule has 3 heteroatoms. The van der Waals surface area contributed by atoms with Crippen molar-refractivity contribution in [3.8, 4) is 6.07 Å². The average Bonchev–Trinajstić information content (AvgIpc) is 2.27. The molecule has 1 atom stereocenters. The van der Waals surface area contributed by atoms with Crippen molar-refractivity contribution in [2.24, 2.45) is 0 Å². The van der Waals surface area contributed by atoms with Gasteiger partial charge in [0, 0.05) is 0 Å². The number of ether oxygens (including phenoxy) is 1. The Morgan fingerprint density at radius 2 is 2.43 bits per heavy atom. The van der Waals surface area contributed by atoms with E-state index in [9.17, 15) is 0 Å². The predicted molar refractivity (Wildman–Crippen MR) is 52.6 cm³/mol. The SMILES string of the molecule is CN[C@H]1COCc2cc(C#N)ccc21. The van der Waals surface area contributed by atoms with E-state index >= 15 is 0 Å². The highest BCUT2D eigenvalue weighted by molar-refractivity contribution is 5.40. The fraction of sp³-hybridized carbons (Fsp3) is 0.364. The third kappa shape index (κ3) is 1.50. The van der Waals surface area contributed by atoms with Gasteiger partial charge in [-0.3, -0.25) is 0 Å². The van der Waals surface area contributed by atoms with Crippen LogP contribution in [0.2, 0.25) is 0 Å². The molecule has 0 saturated heterocycles. The molecule has 0 amide bonds. The van der Waals surface area contributed by atoms with Crippen LogP contribution in [0, 0.1) is 11.3 Å². The Hall–Kier alpha value is -1.37. The van der Waals surface area contributed by atoms with Gasteiger partial charge in [-0.1, -0.05) is 6.07 Å². The largest absolute Gasteiger partial charge is 0.375 e. The van der Waals surface area contributed by atoms with Crippen LogP contribution in [-0.4, -0.2) is 13.7 Å². The maximum atomic E-state index is 8.76. The molecule has 2 rings (SSSR count). The Bertz CT molecular complexity index is 381. The van der Waals surface area contributed by atoms with Gasteiger partial charge in [-0.25, -0.2) is 0 Å². The molecule has 1 aliphatic rings. The number of nitrogens with zero attached hydrogens (tertiary/aromatic N) is 1. The van der Waals surface area contributed by atoms with Gasteiger partial charge in [0.2, 0.25) is 0 Å². The predicted octanol–water partition coefficient (Wildman–Crippen LogP) is 1.35. The molecule has 0 fully saturated rings. The number of fused-ring (bicyclic) bond motifs is 1. The summed E-state index contributed by atoms with van der Waals surface area (Å²) in [5, 5.41) is 11.9. The molecule has 0 radical (unpaired) electrons. The minimum atomic E-state index is 0.256. The van der Waals surface area contributed by atoms with Crippen molar-refractivity contribution in [1.82, 2.24) is 5.32 Å².